The Kier molecular flexibility index (Phi) is 4.59. The molecule has 4 nitrogen and oxygen atoms in total. The van der Waals surface area contributed by atoms with Crippen LogP contribution in [0.2, 0.25) is 0 Å². The van der Waals surface area contributed by atoms with Gasteiger partial charge in [-0.25, -0.2) is 4.79 Å². The minimum atomic E-state index is -0.121. The molecule has 0 saturated carbocycles. The van der Waals surface area contributed by atoms with E-state index in [0.29, 0.717) is 5.92 Å². The second-order valence-electron chi connectivity index (χ2n) is 4.91. The minimum Gasteiger partial charge on any atom is -0.338 e. The molecule has 1 atom stereocenters. The van der Waals surface area contributed by atoms with E-state index in [1.165, 1.54) is 18.4 Å². The fourth-order valence-electron chi connectivity index (χ4n) is 2.15. The molecule has 0 unspecified atom stereocenters. The molecule has 1 saturated heterocycles. The molecule has 0 bridgehead atoms. The quantitative estimate of drug-likeness (QED) is 0.766. The van der Waals surface area contributed by atoms with Crippen molar-refractivity contribution in [2.24, 2.45) is 5.92 Å². The Bertz CT molecular complexity index is 383. The molecule has 0 aromatic heterocycles. The summed E-state index contributed by atoms with van der Waals surface area (Å²) >= 11 is 0. The first-order valence-electron chi connectivity index (χ1n) is 6.56. The van der Waals surface area contributed by atoms with Gasteiger partial charge in [0.15, 0.2) is 0 Å². The van der Waals surface area contributed by atoms with Gasteiger partial charge in [0, 0.05) is 12.2 Å². The van der Waals surface area contributed by atoms with Gasteiger partial charge in [-0.05, 0) is 50.9 Å². The first-order chi connectivity index (χ1) is 8.74. The highest BCUT2D eigenvalue weighted by Gasteiger charge is 2.13. The van der Waals surface area contributed by atoms with Crippen LogP contribution in [0.3, 0.4) is 0 Å². The lowest BCUT2D eigenvalue weighted by atomic mass is 10.00. The number of carbonyl (C=O) groups is 1. The number of aryl methyl sites for hydroxylation is 1. The molecule has 2 amide bonds. The van der Waals surface area contributed by atoms with Crippen LogP contribution in [-0.4, -0.2) is 25.7 Å². The van der Waals surface area contributed by atoms with Crippen molar-refractivity contribution in [2.45, 2.75) is 19.8 Å². The lowest BCUT2D eigenvalue weighted by Gasteiger charge is -2.22. The van der Waals surface area contributed by atoms with E-state index in [9.17, 15) is 4.79 Å². The number of carbonyl (C=O) groups excluding carboxylic acids is 1. The van der Waals surface area contributed by atoms with Crippen LogP contribution in [0.15, 0.2) is 24.3 Å². The molecule has 3 N–H and O–H groups in total. The predicted octanol–water partition coefficient (Wildman–Crippen LogP) is 2.12. The first-order valence-corrected chi connectivity index (χ1v) is 6.56. The van der Waals surface area contributed by atoms with Gasteiger partial charge in [0.25, 0.3) is 0 Å². The Morgan fingerprint density at radius 1 is 1.39 bits per heavy atom. The van der Waals surface area contributed by atoms with Crippen LogP contribution >= 0.6 is 0 Å². The van der Waals surface area contributed by atoms with E-state index in [2.05, 4.69) is 16.0 Å². The van der Waals surface area contributed by atoms with Crippen molar-refractivity contribution in [2.75, 3.05) is 25.0 Å². The standard InChI is InChI=1S/C14H21N3O/c1-11-4-6-13(7-5-11)17-14(18)16-10-12-3-2-8-15-9-12/h4-7,12,15H,2-3,8-10H2,1H3,(H2,16,17,18)/t12-/m1/s1. The minimum absolute atomic E-state index is 0.121. The van der Waals surface area contributed by atoms with Gasteiger partial charge in [0.2, 0.25) is 0 Å². The van der Waals surface area contributed by atoms with E-state index in [4.69, 9.17) is 0 Å². The average molecular weight is 247 g/mol. The van der Waals surface area contributed by atoms with Gasteiger partial charge < -0.3 is 16.0 Å². The highest BCUT2D eigenvalue weighted by Crippen LogP contribution is 2.10. The van der Waals surface area contributed by atoms with Crippen molar-refractivity contribution in [3.05, 3.63) is 29.8 Å². The molecule has 1 aliphatic rings. The summed E-state index contributed by atoms with van der Waals surface area (Å²) in [6, 6.07) is 7.68. The Labute approximate surface area is 108 Å². The van der Waals surface area contributed by atoms with Crippen molar-refractivity contribution >= 4 is 11.7 Å². The lowest BCUT2D eigenvalue weighted by molar-refractivity contribution is 0.248. The van der Waals surface area contributed by atoms with E-state index < -0.39 is 0 Å². The SMILES string of the molecule is Cc1ccc(NC(=O)NC[C@@H]2CCCNC2)cc1. The van der Waals surface area contributed by atoms with Crippen molar-refractivity contribution in [1.29, 1.82) is 0 Å². The third-order valence-electron chi connectivity index (χ3n) is 3.26. The number of hydrogen-bond donors (Lipinski definition) is 3. The third-order valence-corrected chi connectivity index (χ3v) is 3.26. The lowest BCUT2D eigenvalue weighted by Crippen LogP contribution is -2.39. The summed E-state index contributed by atoms with van der Waals surface area (Å²) in [4.78, 5) is 11.7. The number of amides is 2. The Hall–Kier alpha value is -1.55. The maximum Gasteiger partial charge on any atom is 0.319 e. The second kappa shape index (κ2) is 6.40. The first kappa shape index (κ1) is 12.9. The zero-order chi connectivity index (χ0) is 12.8. The summed E-state index contributed by atoms with van der Waals surface area (Å²) in [7, 11) is 0. The van der Waals surface area contributed by atoms with Crippen LogP contribution in [-0.2, 0) is 0 Å². The summed E-state index contributed by atoms with van der Waals surface area (Å²) in [6.45, 7) is 4.88. The molecule has 98 valence electrons. The van der Waals surface area contributed by atoms with Crippen LogP contribution in [0.1, 0.15) is 18.4 Å². The second-order valence-corrected chi connectivity index (χ2v) is 4.91. The molecule has 1 aliphatic heterocycles. The highest BCUT2D eigenvalue weighted by molar-refractivity contribution is 5.89. The molecule has 2 rings (SSSR count). The fourth-order valence-corrected chi connectivity index (χ4v) is 2.15. The van der Waals surface area contributed by atoms with Gasteiger partial charge in [0.1, 0.15) is 0 Å². The van der Waals surface area contributed by atoms with Crippen LogP contribution < -0.4 is 16.0 Å². The molecular weight excluding hydrogens is 226 g/mol. The summed E-state index contributed by atoms with van der Waals surface area (Å²) in [5.74, 6) is 0.558. The van der Waals surface area contributed by atoms with Crippen molar-refractivity contribution in [3.63, 3.8) is 0 Å². The van der Waals surface area contributed by atoms with E-state index in [1.807, 2.05) is 31.2 Å². The summed E-state index contributed by atoms with van der Waals surface area (Å²) in [5.41, 5.74) is 2.02. The van der Waals surface area contributed by atoms with Crippen molar-refractivity contribution < 1.29 is 4.79 Å². The smallest absolute Gasteiger partial charge is 0.319 e. The Morgan fingerprint density at radius 3 is 2.83 bits per heavy atom. The van der Waals surface area contributed by atoms with Crippen LogP contribution in [0, 0.1) is 12.8 Å². The van der Waals surface area contributed by atoms with Gasteiger partial charge in [-0.15, -0.1) is 0 Å². The molecule has 0 spiro atoms. The number of anilines is 1. The molecule has 18 heavy (non-hydrogen) atoms. The number of hydrogen-bond acceptors (Lipinski definition) is 2. The van der Waals surface area contributed by atoms with Gasteiger partial charge in [-0.3, -0.25) is 0 Å². The molecule has 1 aromatic rings. The Balaban J connectivity index is 1.73. The van der Waals surface area contributed by atoms with Crippen LogP contribution in [0.4, 0.5) is 10.5 Å². The molecule has 0 aliphatic carbocycles. The molecule has 1 fully saturated rings. The zero-order valence-corrected chi connectivity index (χ0v) is 10.8. The van der Waals surface area contributed by atoms with Crippen LogP contribution in [0.25, 0.3) is 0 Å². The summed E-state index contributed by atoms with van der Waals surface area (Å²) in [6.07, 6.45) is 2.39. The van der Waals surface area contributed by atoms with Gasteiger partial charge in [-0.2, -0.15) is 0 Å². The van der Waals surface area contributed by atoms with Crippen molar-refractivity contribution in [1.82, 2.24) is 10.6 Å². The topological polar surface area (TPSA) is 53.2 Å². The van der Waals surface area contributed by atoms with E-state index >= 15 is 0 Å². The summed E-state index contributed by atoms with van der Waals surface area (Å²) < 4.78 is 0. The molecule has 4 heteroatoms. The van der Waals surface area contributed by atoms with Crippen molar-refractivity contribution in [3.8, 4) is 0 Å². The van der Waals surface area contributed by atoms with E-state index in [-0.39, 0.29) is 6.03 Å². The average Bonchev–Trinajstić information content (AvgIpc) is 2.40. The van der Waals surface area contributed by atoms with Crippen LogP contribution in [0.5, 0.6) is 0 Å². The normalized spacial score (nSPS) is 19.3. The predicted molar refractivity (Wildman–Crippen MR) is 73.8 cm³/mol. The molecule has 1 aromatic carbocycles. The number of rotatable bonds is 3. The largest absolute Gasteiger partial charge is 0.338 e. The molecular formula is C14H21N3O. The fraction of sp³-hybridized carbons (Fsp3) is 0.500. The van der Waals surface area contributed by atoms with Gasteiger partial charge in [-0.1, -0.05) is 17.7 Å². The Morgan fingerprint density at radius 2 is 2.17 bits per heavy atom. The maximum atomic E-state index is 11.7. The number of urea groups is 1. The number of piperidine rings is 1. The number of nitrogens with one attached hydrogen (secondary N) is 3. The number of benzene rings is 1. The zero-order valence-electron chi connectivity index (χ0n) is 10.8. The van der Waals surface area contributed by atoms with Gasteiger partial charge in [0.05, 0.1) is 0 Å². The third kappa shape index (κ3) is 4.04. The molecule has 1 heterocycles. The molecule has 0 radical (unpaired) electrons. The van der Waals surface area contributed by atoms with Gasteiger partial charge >= 0.3 is 6.03 Å². The summed E-state index contributed by atoms with van der Waals surface area (Å²) in [5, 5.41) is 9.11. The highest BCUT2D eigenvalue weighted by atomic mass is 16.2. The monoisotopic (exact) mass is 247 g/mol. The van der Waals surface area contributed by atoms with E-state index in [1.54, 1.807) is 0 Å². The maximum absolute atomic E-state index is 11.7. The van der Waals surface area contributed by atoms with E-state index in [0.717, 1.165) is 25.3 Å².